The van der Waals surface area contributed by atoms with Crippen molar-refractivity contribution < 1.29 is 4.52 Å². The monoisotopic (exact) mass is 285 g/mol. The lowest BCUT2D eigenvalue weighted by atomic mass is 9.98. The molecule has 4 nitrogen and oxygen atoms in total. The van der Waals surface area contributed by atoms with Gasteiger partial charge in [-0.15, -0.1) is 0 Å². The topological polar surface area (TPSA) is 64.9 Å². The average molecular weight is 285 g/mol. The Morgan fingerprint density at radius 1 is 1.10 bits per heavy atom. The molecule has 0 radical (unpaired) electrons. The Hall–Kier alpha value is -1.68. The third-order valence-corrected chi connectivity index (χ3v) is 4.41. The molecule has 1 aromatic carbocycles. The summed E-state index contributed by atoms with van der Waals surface area (Å²) in [4.78, 5) is 4.67. The van der Waals surface area contributed by atoms with Gasteiger partial charge in [-0.05, 0) is 18.4 Å². The lowest BCUT2D eigenvalue weighted by Crippen LogP contribution is -2.14. The number of nitrogens with zero attached hydrogens (tertiary/aromatic N) is 2. The van der Waals surface area contributed by atoms with Crippen molar-refractivity contribution in [2.75, 3.05) is 6.54 Å². The molecule has 1 atom stereocenters. The smallest absolute Gasteiger partial charge is 0.235 e. The van der Waals surface area contributed by atoms with Crippen LogP contribution in [0.1, 0.15) is 67.6 Å². The zero-order chi connectivity index (χ0) is 14.5. The van der Waals surface area contributed by atoms with Gasteiger partial charge < -0.3 is 10.3 Å². The molecular formula is C17H23N3O. The summed E-state index contributed by atoms with van der Waals surface area (Å²) in [6.45, 7) is 0.482. The van der Waals surface area contributed by atoms with Crippen molar-refractivity contribution in [1.29, 1.82) is 0 Å². The molecule has 3 rings (SSSR count). The second-order valence-corrected chi connectivity index (χ2v) is 5.88. The van der Waals surface area contributed by atoms with Crippen molar-refractivity contribution in [3.8, 4) is 0 Å². The fourth-order valence-electron chi connectivity index (χ4n) is 3.16. The molecule has 0 bridgehead atoms. The third-order valence-electron chi connectivity index (χ3n) is 4.41. The van der Waals surface area contributed by atoms with E-state index in [-0.39, 0.29) is 5.92 Å². The van der Waals surface area contributed by atoms with E-state index in [2.05, 4.69) is 22.3 Å². The van der Waals surface area contributed by atoms with Crippen LogP contribution >= 0.6 is 0 Å². The summed E-state index contributed by atoms with van der Waals surface area (Å²) in [7, 11) is 0. The normalized spacial score (nSPS) is 18.3. The number of hydrogen-bond donors (Lipinski definition) is 1. The van der Waals surface area contributed by atoms with E-state index in [1.54, 1.807) is 0 Å². The maximum absolute atomic E-state index is 5.92. The molecule has 0 saturated heterocycles. The minimum absolute atomic E-state index is 0.00164. The van der Waals surface area contributed by atoms with E-state index in [0.29, 0.717) is 18.4 Å². The number of aromatic nitrogens is 2. The van der Waals surface area contributed by atoms with Gasteiger partial charge in [0.05, 0.1) is 5.92 Å². The minimum Gasteiger partial charge on any atom is -0.339 e. The van der Waals surface area contributed by atoms with E-state index in [1.165, 1.54) is 38.5 Å². The van der Waals surface area contributed by atoms with Gasteiger partial charge in [0, 0.05) is 12.5 Å². The molecule has 0 spiro atoms. The van der Waals surface area contributed by atoms with Gasteiger partial charge in [-0.25, -0.2) is 0 Å². The summed E-state index contributed by atoms with van der Waals surface area (Å²) < 4.78 is 5.53. The van der Waals surface area contributed by atoms with Gasteiger partial charge in [-0.3, -0.25) is 0 Å². The van der Waals surface area contributed by atoms with Crippen LogP contribution in [0.2, 0.25) is 0 Å². The SMILES string of the molecule is NCC(c1ccccc1)c1nc(C2CCCCCC2)no1. The molecule has 2 N–H and O–H groups in total. The van der Waals surface area contributed by atoms with Gasteiger partial charge in [-0.2, -0.15) is 4.98 Å². The Kier molecular flexibility index (Phi) is 4.65. The maximum Gasteiger partial charge on any atom is 0.235 e. The summed E-state index contributed by atoms with van der Waals surface area (Å²) in [6.07, 6.45) is 7.56. The van der Waals surface area contributed by atoms with Gasteiger partial charge in [0.1, 0.15) is 0 Å². The first kappa shape index (κ1) is 14.3. The van der Waals surface area contributed by atoms with Gasteiger partial charge in [0.25, 0.3) is 0 Å². The van der Waals surface area contributed by atoms with Crippen LogP contribution in [0.25, 0.3) is 0 Å². The summed E-state index contributed by atoms with van der Waals surface area (Å²) in [6, 6.07) is 10.2. The van der Waals surface area contributed by atoms with Crippen LogP contribution in [0.3, 0.4) is 0 Å². The highest BCUT2D eigenvalue weighted by Crippen LogP contribution is 2.31. The molecule has 1 aromatic heterocycles. The first-order valence-corrected chi connectivity index (χ1v) is 7.97. The summed E-state index contributed by atoms with van der Waals surface area (Å²) in [5.74, 6) is 1.99. The Morgan fingerprint density at radius 3 is 2.48 bits per heavy atom. The number of nitrogens with two attached hydrogens (primary N) is 1. The zero-order valence-electron chi connectivity index (χ0n) is 12.4. The second-order valence-electron chi connectivity index (χ2n) is 5.88. The molecule has 2 aromatic rings. The van der Waals surface area contributed by atoms with E-state index in [1.807, 2.05) is 18.2 Å². The number of hydrogen-bond acceptors (Lipinski definition) is 4. The predicted molar refractivity (Wildman–Crippen MR) is 82.1 cm³/mol. The Balaban J connectivity index is 1.79. The molecule has 21 heavy (non-hydrogen) atoms. The van der Waals surface area contributed by atoms with E-state index >= 15 is 0 Å². The van der Waals surface area contributed by atoms with Crippen molar-refractivity contribution in [3.05, 3.63) is 47.6 Å². The zero-order valence-corrected chi connectivity index (χ0v) is 12.4. The van der Waals surface area contributed by atoms with Crippen LogP contribution in [0.5, 0.6) is 0 Å². The van der Waals surface area contributed by atoms with Crippen LogP contribution in [0.15, 0.2) is 34.9 Å². The largest absolute Gasteiger partial charge is 0.339 e. The first-order valence-electron chi connectivity index (χ1n) is 7.97. The highest BCUT2D eigenvalue weighted by Gasteiger charge is 2.24. The first-order chi connectivity index (χ1) is 10.4. The quantitative estimate of drug-likeness (QED) is 0.872. The molecule has 1 saturated carbocycles. The molecule has 1 fully saturated rings. The average Bonchev–Trinajstić information content (AvgIpc) is 2.84. The molecule has 1 heterocycles. The van der Waals surface area contributed by atoms with Crippen molar-refractivity contribution in [2.45, 2.75) is 50.4 Å². The van der Waals surface area contributed by atoms with Crippen molar-refractivity contribution in [1.82, 2.24) is 10.1 Å². The lowest BCUT2D eigenvalue weighted by Gasteiger charge is -2.10. The molecule has 0 aliphatic heterocycles. The fourth-order valence-corrected chi connectivity index (χ4v) is 3.16. The summed E-state index contributed by atoms with van der Waals surface area (Å²) >= 11 is 0. The van der Waals surface area contributed by atoms with Crippen LogP contribution in [0, 0.1) is 0 Å². The number of rotatable bonds is 4. The standard InChI is InChI=1S/C17H23N3O/c18-12-15(13-8-6-3-7-9-13)17-19-16(20-21-17)14-10-4-1-2-5-11-14/h3,6-9,14-15H,1-2,4-5,10-12,18H2. The molecule has 1 unspecified atom stereocenters. The summed E-state index contributed by atoms with van der Waals surface area (Å²) in [5.41, 5.74) is 7.06. The molecule has 0 amide bonds. The molecule has 1 aliphatic rings. The van der Waals surface area contributed by atoms with Crippen molar-refractivity contribution in [2.24, 2.45) is 5.73 Å². The van der Waals surface area contributed by atoms with E-state index < -0.39 is 0 Å². The Bertz CT molecular complexity index is 544. The van der Waals surface area contributed by atoms with E-state index in [4.69, 9.17) is 10.3 Å². The van der Waals surface area contributed by atoms with Crippen LogP contribution in [-0.2, 0) is 0 Å². The molecule has 1 aliphatic carbocycles. The fraction of sp³-hybridized carbons (Fsp3) is 0.529. The Labute approximate surface area is 125 Å². The summed E-state index contributed by atoms with van der Waals surface area (Å²) in [5, 5.41) is 4.23. The van der Waals surface area contributed by atoms with E-state index in [0.717, 1.165) is 11.4 Å². The maximum atomic E-state index is 5.92. The van der Waals surface area contributed by atoms with E-state index in [9.17, 15) is 0 Å². The molecule has 4 heteroatoms. The molecular weight excluding hydrogens is 262 g/mol. The molecule has 112 valence electrons. The van der Waals surface area contributed by atoms with Gasteiger partial charge >= 0.3 is 0 Å². The predicted octanol–water partition coefficient (Wildman–Crippen LogP) is 3.60. The van der Waals surface area contributed by atoms with Crippen LogP contribution < -0.4 is 5.73 Å². The van der Waals surface area contributed by atoms with Gasteiger partial charge in [-0.1, -0.05) is 61.2 Å². The highest BCUT2D eigenvalue weighted by molar-refractivity contribution is 5.25. The van der Waals surface area contributed by atoms with Crippen LogP contribution in [-0.4, -0.2) is 16.7 Å². The van der Waals surface area contributed by atoms with Crippen molar-refractivity contribution in [3.63, 3.8) is 0 Å². The Morgan fingerprint density at radius 2 is 1.81 bits per heavy atom. The van der Waals surface area contributed by atoms with Crippen LogP contribution in [0.4, 0.5) is 0 Å². The number of benzene rings is 1. The van der Waals surface area contributed by atoms with Crippen molar-refractivity contribution >= 4 is 0 Å². The third kappa shape index (κ3) is 3.32. The lowest BCUT2D eigenvalue weighted by molar-refractivity contribution is 0.357. The van der Waals surface area contributed by atoms with Gasteiger partial charge in [0.2, 0.25) is 5.89 Å². The highest BCUT2D eigenvalue weighted by atomic mass is 16.5. The minimum atomic E-state index is -0.00164. The van der Waals surface area contributed by atoms with Gasteiger partial charge in [0.15, 0.2) is 5.82 Å². The second kappa shape index (κ2) is 6.85.